The maximum Gasteiger partial charge on any atom is 0.161 e. The molecule has 1 aliphatic rings. The van der Waals surface area contributed by atoms with E-state index in [1.807, 2.05) is 0 Å². The minimum atomic E-state index is 0.406. The van der Waals surface area contributed by atoms with Gasteiger partial charge in [0.25, 0.3) is 0 Å². The normalized spacial score (nSPS) is 14.9. The third-order valence-electron chi connectivity index (χ3n) is 2.99. The van der Waals surface area contributed by atoms with Crippen LogP contribution < -0.4 is 16.6 Å². The van der Waals surface area contributed by atoms with Crippen molar-refractivity contribution in [2.24, 2.45) is 5.84 Å². The molecule has 2 rings (SSSR count). The molecule has 5 nitrogen and oxygen atoms in total. The van der Waals surface area contributed by atoms with E-state index in [0.29, 0.717) is 21.7 Å². The average molecular weight is 290 g/mol. The highest BCUT2D eigenvalue weighted by Gasteiger charge is 2.25. The van der Waals surface area contributed by atoms with Gasteiger partial charge in [0.05, 0.1) is 10.0 Å². The van der Waals surface area contributed by atoms with Crippen LogP contribution in [0.1, 0.15) is 12.8 Å². The van der Waals surface area contributed by atoms with Crippen molar-refractivity contribution in [2.75, 3.05) is 30.9 Å². The SMILES string of the molecule is CN(CCNc1nc(NN)c(Cl)cc1Cl)C1CC1. The molecular formula is C11H17Cl2N5. The number of nitrogens with one attached hydrogen (secondary N) is 2. The van der Waals surface area contributed by atoms with Crippen molar-refractivity contribution in [3.63, 3.8) is 0 Å². The monoisotopic (exact) mass is 289 g/mol. The lowest BCUT2D eigenvalue weighted by Crippen LogP contribution is -2.27. The van der Waals surface area contributed by atoms with E-state index in [9.17, 15) is 0 Å². The third-order valence-corrected chi connectivity index (χ3v) is 3.57. The van der Waals surface area contributed by atoms with Crippen molar-refractivity contribution >= 4 is 34.8 Å². The maximum atomic E-state index is 6.06. The summed E-state index contributed by atoms with van der Waals surface area (Å²) in [6.45, 7) is 1.74. The molecule has 0 aromatic carbocycles. The van der Waals surface area contributed by atoms with E-state index in [-0.39, 0.29) is 0 Å². The minimum Gasteiger partial charge on any atom is -0.367 e. The predicted molar refractivity (Wildman–Crippen MR) is 76.2 cm³/mol. The summed E-state index contributed by atoms with van der Waals surface area (Å²) in [6.07, 6.45) is 2.61. The molecule has 0 spiro atoms. The highest BCUT2D eigenvalue weighted by molar-refractivity contribution is 6.37. The Bertz CT molecular complexity index is 422. The first-order valence-corrected chi connectivity index (χ1v) is 6.64. The molecule has 0 aliphatic heterocycles. The molecule has 1 aromatic rings. The number of hydrazine groups is 1. The summed E-state index contributed by atoms with van der Waals surface area (Å²) < 4.78 is 0. The first-order chi connectivity index (χ1) is 8.61. The van der Waals surface area contributed by atoms with Crippen LogP contribution in [0.4, 0.5) is 11.6 Å². The Labute approximate surface area is 117 Å². The summed E-state index contributed by atoms with van der Waals surface area (Å²) in [5.74, 6) is 6.33. The molecule has 1 aromatic heterocycles. The number of hydrogen-bond donors (Lipinski definition) is 3. The fourth-order valence-electron chi connectivity index (χ4n) is 1.74. The number of nitrogen functional groups attached to an aromatic ring is 1. The van der Waals surface area contributed by atoms with Crippen molar-refractivity contribution in [1.29, 1.82) is 0 Å². The summed E-state index contributed by atoms with van der Waals surface area (Å²) in [6, 6.07) is 2.37. The Balaban J connectivity index is 1.91. The number of likely N-dealkylation sites (N-methyl/N-ethyl adjacent to an activating group) is 1. The number of anilines is 2. The molecule has 0 radical (unpaired) electrons. The Morgan fingerprint density at radius 3 is 2.67 bits per heavy atom. The molecule has 0 amide bonds. The van der Waals surface area contributed by atoms with Gasteiger partial charge in [-0.25, -0.2) is 10.8 Å². The second kappa shape index (κ2) is 5.93. The van der Waals surface area contributed by atoms with E-state index in [1.165, 1.54) is 12.8 Å². The van der Waals surface area contributed by atoms with Crippen LogP contribution in [0, 0.1) is 0 Å². The summed E-state index contributed by atoms with van der Waals surface area (Å²) in [5, 5.41) is 4.09. The van der Waals surface area contributed by atoms with Crippen LogP contribution in [0.15, 0.2) is 6.07 Å². The van der Waals surface area contributed by atoms with E-state index in [0.717, 1.165) is 19.1 Å². The second-order valence-corrected chi connectivity index (χ2v) is 5.25. The van der Waals surface area contributed by atoms with Gasteiger partial charge in [-0.3, -0.25) is 0 Å². The molecular weight excluding hydrogens is 273 g/mol. The molecule has 100 valence electrons. The largest absolute Gasteiger partial charge is 0.367 e. The highest BCUT2D eigenvalue weighted by Crippen LogP contribution is 2.28. The maximum absolute atomic E-state index is 6.06. The van der Waals surface area contributed by atoms with Gasteiger partial charge in [-0.05, 0) is 26.0 Å². The van der Waals surface area contributed by atoms with Crippen molar-refractivity contribution in [3.05, 3.63) is 16.1 Å². The first-order valence-electron chi connectivity index (χ1n) is 5.88. The van der Waals surface area contributed by atoms with Crippen molar-refractivity contribution in [1.82, 2.24) is 9.88 Å². The number of aromatic nitrogens is 1. The van der Waals surface area contributed by atoms with Gasteiger partial charge in [-0.15, -0.1) is 0 Å². The van der Waals surface area contributed by atoms with Crippen molar-refractivity contribution in [2.45, 2.75) is 18.9 Å². The Kier molecular flexibility index (Phi) is 4.50. The fraction of sp³-hybridized carbons (Fsp3) is 0.545. The van der Waals surface area contributed by atoms with Crippen molar-refractivity contribution in [3.8, 4) is 0 Å². The zero-order valence-electron chi connectivity index (χ0n) is 10.2. The fourth-order valence-corrected chi connectivity index (χ4v) is 2.22. The Morgan fingerprint density at radius 1 is 1.39 bits per heavy atom. The number of halogens is 2. The molecule has 0 atom stereocenters. The highest BCUT2D eigenvalue weighted by atomic mass is 35.5. The lowest BCUT2D eigenvalue weighted by Gasteiger charge is -2.16. The van der Waals surface area contributed by atoms with Crippen LogP contribution >= 0.6 is 23.2 Å². The molecule has 1 fully saturated rings. The van der Waals surface area contributed by atoms with Gasteiger partial charge >= 0.3 is 0 Å². The van der Waals surface area contributed by atoms with Crippen LogP contribution in [0.3, 0.4) is 0 Å². The average Bonchev–Trinajstić information content (AvgIpc) is 3.15. The molecule has 0 bridgehead atoms. The smallest absolute Gasteiger partial charge is 0.161 e. The van der Waals surface area contributed by atoms with Gasteiger partial charge in [0.1, 0.15) is 5.82 Å². The van der Waals surface area contributed by atoms with E-state index in [1.54, 1.807) is 6.07 Å². The molecule has 18 heavy (non-hydrogen) atoms. The van der Waals surface area contributed by atoms with Crippen LogP contribution in [0.25, 0.3) is 0 Å². The van der Waals surface area contributed by atoms with Gasteiger partial charge < -0.3 is 15.6 Å². The van der Waals surface area contributed by atoms with Crippen LogP contribution in [0.5, 0.6) is 0 Å². The van der Waals surface area contributed by atoms with Gasteiger partial charge in [-0.2, -0.15) is 0 Å². The van der Waals surface area contributed by atoms with Gasteiger partial charge in [0.15, 0.2) is 5.82 Å². The lowest BCUT2D eigenvalue weighted by atomic mass is 10.4. The van der Waals surface area contributed by atoms with E-state index >= 15 is 0 Å². The van der Waals surface area contributed by atoms with E-state index in [2.05, 4.69) is 27.7 Å². The standard InChI is InChI=1S/C11H17Cl2N5/c1-18(7-2-3-7)5-4-15-10-8(12)6-9(13)11(16-10)17-14/h6-7H,2-5,14H2,1H3,(H2,15,16,17). The van der Waals surface area contributed by atoms with Gasteiger partial charge in [0.2, 0.25) is 0 Å². The quantitative estimate of drug-likeness (QED) is 0.553. The van der Waals surface area contributed by atoms with Crippen LogP contribution in [0.2, 0.25) is 10.0 Å². The van der Waals surface area contributed by atoms with Gasteiger partial charge in [0, 0.05) is 19.1 Å². The number of rotatable bonds is 6. The molecule has 1 saturated carbocycles. The molecule has 1 heterocycles. The number of nitrogens with zero attached hydrogens (tertiary/aromatic N) is 2. The summed E-state index contributed by atoms with van der Waals surface area (Å²) in [4.78, 5) is 6.55. The third kappa shape index (κ3) is 3.38. The van der Waals surface area contributed by atoms with E-state index in [4.69, 9.17) is 29.0 Å². The summed E-state index contributed by atoms with van der Waals surface area (Å²) >= 11 is 12.0. The second-order valence-electron chi connectivity index (χ2n) is 4.43. The topological polar surface area (TPSA) is 66.2 Å². The summed E-state index contributed by atoms with van der Waals surface area (Å²) in [7, 11) is 2.13. The molecule has 1 aliphatic carbocycles. The zero-order valence-corrected chi connectivity index (χ0v) is 11.7. The number of nitrogens with two attached hydrogens (primary N) is 1. The molecule has 4 N–H and O–H groups in total. The molecule has 0 unspecified atom stereocenters. The zero-order chi connectivity index (χ0) is 13.1. The van der Waals surface area contributed by atoms with Crippen LogP contribution in [-0.2, 0) is 0 Å². The lowest BCUT2D eigenvalue weighted by molar-refractivity contribution is 0.337. The van der Waals surface area contributed by atoms with Crippen molar-refractivity contribution < 1.29 is 0 Å². The predicted octanol–water partition coefficient (Wildman–Crippen LogP) is 2.18. The minimum absolute atomic E-state index is 0.406. The molecule has 7 heteroatoms. The summed E-state index contributed by atoms with van der Waals surface area (Å²) in [5.41, 5.74) is 2.44. The Hall–Kier alpha value is -0.750. The van der Waals surface area contributed by atoms with E-state index < -0.39 is 0 Å². The number of hydrogen-bond acceptors (Lipinski definition) is 5. The van der Waals surface area contributed by atoms with Gasteiger partial charge in [-0.1, -0.05) is 23.2 Å². The Morgan fingerprint density at radius 2 is 2.06 bits per heavy atom. The molecule has 0 saturated heterocycles. The number of pyridine rings is 1. The first kappa shape index (κ1) is 13.7. The van der Waals surface area contributed by atoms with Crippen LogP contribution in [-0.4, -0.2) is 36.1 Å².